The van der Waals surface area contributed by atoms with E-state index in [1.807, 2.05) is 49.5 Å². The Hall–Kier alpha value is -3.39. The van der Waals surface area contributed by atoms with Gasteiger partial charge in [-0.15, -0.1) is 0 Å². The minimum Gasteiger partial charge on any atom is -0.455 e. The molecule has 5 aromatic rings. The summed E-state index contributed by atoms with van der Waals surface area (Å²) < 4.78 is 39.6. The lowest BCUT2D eigenvalue weighted by atomic mass is 9.96. The Kier molecular flexibility index (Phi) is 3.83. The highest BCUT2D eigenvalue weighted by atomic mass is 16.3. The maximum absolute atomic E-state index is 8.23. The van der Waals surface area contributed by atoms with Crippen molar-refractivity contribution in [2.45, 2.75) is 27.1 Å². The molecule has 0 aliphatic carbocycles. The van der Waals surface area contributed by atoms with Gasteiger partial charge in [0.05, 0.1) is 5.56 Å². The second-order valence-electron chi connectivity index (χ2n) is 8.30. The van der Waals surface area contributed by atoms with Crippen LogP contribution in [0.2, 0.25) is 0 Å². The number of para-hydroxylation sites is 1. The standard InChI is InChI=1S/C29H28NO/c1-19(2)17-21-10-12-22(13-11-21)23-15-16-30(4)26(18-23)28-20(3)9-14-25-24-7-5-6-8-27(24)31-29(25)28/h5-16,18-19H,17H2,1-4H3/q+1/i1D3,19D. The van der Waals surface area contributed by atoms with E-state index >= 15 is 0 Å². The van der Waals surface area contributed by atoms with Gasteiger partial charge in [-0.2, -0.15) is 0 Å². The molecular weight excluding hydrogens is 378 g/mol. The predicted octanol–water partition coefficient (Wildman–Crippen LogP) is 7.25. The largest absolute Gasteiger partial charge is 0.455 e. The Morgan fingerprint density at radius 3 is 2.58 bits per heavy atom. The fourth-order valence-corrected chi connectivity index (χ4v) is 4.32. The van der Waals surface area contributed by atoms with Crippen molar-refractivity contribution in [3.63, 3.8) is 0 Å². The van der Waals surface area contributed by atoms with E-state index in [1.54, 1.807) is 0 Å². The van der Waals surface area contributed by atoms with E-state index in [2.05, 4.69) is 48.0 Å². The maximum Gasteiger partial charge on any atom is 0.216 e. The van der Waals surface area contributed by atoms with Gasteiger partial charge in [-0.3, -0.25) is 0 Å². The molecule has 0 bridgehead atoms. The summed E-state index contributed by atoms with van der Waals surface area (Å²) in [5.41, 5.74) is 7.95. The van der Waals surface area contributed by atoms with Crippen LogP contribution in [-0.4, -0.2) is 0 Å². The summed E-state index contributed by atoms with van der Waals surface area (Å²) in [6.07, 6.45) is 2.22. The molecule has 0 fully saturated rings. The van der Waals surface area contributed by atoms with Gasteiger partial charge in [0.2, 0.25) is 5.69 Å². The quantitative estimate of drug-likeness (QED) is 0.285. The van der Waals surface area contributed by atoms with Gasteiger partial charge in [0, 0.05) is 28.4 Å². The molecule has 0 amide bonds. The van der Waals surface area contributed by atoms with Crippen LogP contribution in [-0.2, 0) is 13.5 Å². The summed E-state index contributed by atoms with van der Waals surface area (Å²) in [4.78, 5) is 0. The van der Waals surface area contributed by atoms with Crippen molar-refractivity contribution in [1.29, 1.82) is 0 Å². The SMILES string of the molecule is [2H]C([2H])([2H])C([2H])(C)Cc1ccc(-c2cc[n+](C)c(-c3c(C)ccc4c3oc3ccccc34)c2)cc1. The molecule has 2 nitrogen and oxygen atoms in total. The van der Waals surface area contributed by atoms with Crippen LogP contribution in [0.15, 0.2) is 83.4 Å². The number of pyridine rings is 1. The number of aryl methyl sites for hydroxylation is 2. The van der Waals surface area contributed by atoms with Crippen LogP contribution >= 0.6 is 0 Å². The Bertz CT molecular complexity index is 1550. The molecule has 0 spiro atoms. The number of rotatable bonds is 4. The van der Waals surface area contributed by atoms with E-state index in [0.717, 1.165) is 55.4 Å². The van der Waals surface area contributed by atoms with Crippen LogP contribution in [0, 0.1) is 12.8 Å². The summed E-state index contributed by atoms with van der Waals surface area (Å²) in [7, 11) is 2.03. The number of aromatic nitrogens is 1. The topological polar surface area (TPSA) is 17.0 Å². The monoisotopic (exact) mass is 410 g/mol. The first-order chi connectivity index (χ1) is 16.5. The first-order valence-electron chi connectivity index (χ1n) is 12.6. The molecule has 0 aliphatic heterocycles. The van der Waals surface area contributed by atoms with Gasteiger partial charge in [0.1, 0.15) is 18.2 Å². The van der Waals surface area contributed by atoms with Gasteiger partial charge >= 0.3 is 0 Å². The van der Waals surface area contributed by atoms with Gasteiger partial charge in [0.15, 0.2) is 6.20 Å². The number of benzene rings is 3. The normalized spacial score (nSPS) is 15.8. The van der Waals surface area contributed by atoms with Crippen molar-refractivity contribution in [2.75, 3.05) is 0 Å². The zero-order chi connectivity index (χ0) is 25.0. The molecule has 154 valence electrons. The minimum atomic E-state index is -2.33. The van der Waals surface area contributed by atoms with E-state index in [9.17, 15) is 0 Å². The third kappa shape index (κ3) is 3.53. The van der Waals surface area contributed by atoms with Gasteiger partial charge < -0.3 is 4.42 Å². The average molecular weight is 411 g/mol. The number of nitrogens with zero attached hydrogens (tertiary/aromatic N) is 1. The fraction of sp³-hybridized carbons (Fsp3) is 0.207. The molecule has 0 saturated heterocycles. The third-order valence-electron chi connectivity index (χ3n) is 5.92. The summed E-state index contributed by atoms with van der Waals surface area (Å²) in [5, 5.41) is 2.21. The summed E-state index contributed by atoms with van der Waals surface area (Å²) in [6, 6.07) is 24.5. The molecule has 2 aromatic heterocycles. The molecule has 3 aromatic carbocycles. The van der Waals surface area contributed by atoms with Gasteiger partial charge in [0.25, 0.3) is 0 Å². The first kappa shape index (κ1) is 15.4. The number of furan rings is 1. The molecule has 0 N–H and O–H groups in total. The van der Waals surface area contributed by atoms with Crippen LogP contribution in [0.25, 0.3) is 44.3 Å². The Morgan fingerprint density at radius 2 is 1.77 bits per heavy atom. The zero-order valence-electron chi connectivity index (χ0n) is 22.1. The first-order valence-corrected chi connectivity index (χ1v) is 10.6. The van der Waals surface area contributed by atoms with E-state index in [1.165, 1.54) is 6.92 Å². The molecule has 0 aliphatic rings. The van der Waals surface area contributed by atoms with Crippen molar-refractivity contribution in [1.82, 2.24) is 0 Å². The molecule has 2 heterocycles. The van der Waals surface area contributed by atoms with Crippen molar-refractivity contribution in [3.8, 4) is 22.4 Å². The average Bonchev–Trinajstić information content (AvgIpc) is 3.18. The van der Waals surface area contributed by atoms with Gasteiger partial charge in [-0.05, 0) is 47.6 Å². The van der Waals surface area contributed by atoms with Crippen LogP contribution in [0.5, 0.6) is 0 Å². The fourth-order valence-electron chi connectivity index (χ4n) is 4.32. The van der Waals surface area contributed by atoms with Crippen molar-refractivity contribution >= 4 is 21.9 Å². The summed E-state index contributed by atoms with van der Waals surface area (Å²) >= 11 is 0. The van der Waals surface area contributed by atoms with Crippen molar-refractivity contribution < 1.29 is 14.5 Å². The van der Waals surface area contributed by atoms with Crippen LogP contribution < -0.4 is 4.57 Å². The molecule has 2 heteroatoms. The number of hydrogen-bond donors (Lipinski definition) is 0. The molecule has 0 radical (unpaired) electrons. The lowest BCUT2D eigenvalue weighted by Gasteiger charge is -2.09. The lowest BCUT2D eigenvalue weighted by Crippen LogP contribution is -2.30. The molecule has 0 saturated carbocycles. The zero-order valence-corrected chi connectivity index (χ0v) is 18.1. The smallest absolute Gasteiger partial charge is 0.216 e. The number of hydrogen-bond acceptors (Lipinski definition) is 1. The highest BCUT2D eigenvalue weighted by molar-refractivity contribution is 6.09. The maximum atomic E-state index is 8.23. The summed E-state index contributed by atoms with van der Waals surface area (Å²) in [6.45, 7) is 1.24. The number of fused-ring (bicyclic) bond motifs is 3. The van der Waals surface area contributed by atoms with Gasteiger partial charge in [-0.25, -0.2) is 4.57 Å². The van der Waals surface area contributed by atoms with E-state index in [4.69, 9.17) is 9.90 Å². The second kappa shape index (κ2) is 7.70. The molecule has 31 heavy (non-hydrogen) atoms. The third-order valence-corrected chi connectivity index (χ3v) is 5.92. The summed E-state index contributed by atoms with van der Waals surface area (Å²) in [5.74, 6) is -1.52. The van der Waals surface area contributed by atoms with Crippen LogP contribution in [0.3, 0.4) is 0 Å². The second-order valence-corrected chi connectivity index (χ2v) is 8.30. The molecule has 1 atom stereocenters. The van der Waals surface area contributed by atoms with Crippen molar-refractivity contribution in [2.24, 2.45) is 12.9 Å². The Labute approximate surface area is 189 Å². The molecule has 1 unspecified atom stereocenters. The Balaban J connectivity index is 1.57. The van der Waals surface area contributed by atoms with E-state index in [-0.39, 0.29) is 6.42 Å². The van der Waals surface area contributed by atoms with Crippen molar-refractivity contribution in [3.05, 3.63) is 90.1 Å². The Morgan fingerprint density at radius 1 is 0.968 bits per heavy atom. The lowest BCUT2D eigenvalue weighted by molar-refractivity contribution is -0.660. The molecule has 5 rings (SSSR count). The molecular formula is C29H28NO+. The minimum absolute atomic E-state index is 0.173. The van der Waals surface area contributed by atoms with Crippen LogP contribution in [0.4, 0.5) is 0 Å². The van der Waals surface area contributed by atoms with Gasteiger partial charge in [-0.1, -0.05) is 68.4 Å². The highest BCUT2D eigenvalue weighted by Gasteiger charge is 2.21. The predicted molar refractivity (Wildman–Crippen MR) is 129 cm³/mol. The van der Waals surface area contributed by atoms with E-state index < -0.39 is 12.7 Å². The highest BCUT2D eigenvalue weighted by Crippen LogP contribution is 2.37. The van der Waals surface area contributed by atoms with Crippen LogP contribution in [0.1, 0.15) is 30.4 Å². The van der Waals surface area contributed by atoms with E-state index in [0.29, 0.717) is 0 Å².